The van der Waals surface area contributed by atoms with Crippen LogP contribution in [0.2, 0.25) is 0 Å². The molecule has 0 heterocycles. The highest BCUT2D eigenvalue weighted by Crippen LogP contribution is 2.22. The summed E-state index contributed by atoms with van der Waals surface area (Å²) in [6, 6.07) is 13.4. The van der Waals surface area contributed by atoms with Crippen LogP contribution in [0.4, 0.5) is 0 Å². The molecule has 32 heavy (non-hydrogen) atoms. The van der Waals surface area contributed by atoms with Crippen LogP contribution in [0.25, 0.3) is 0 Å². The topological polar surface area (TPSA) is 106 Å². The van der Waals surface area contributed by atoms with Crippen LogP contribution in [0.15, 0.2) is 48.5 Å². The average Bonchev–Trinajstić information content (AvgIpc) is 2.76. The molecule has 0 atom stereocenters. The third-order valence-electron chi connectivity index (χ3n) is 4.29. The molecule has 0 radical (unpaired) electrons. The molecule has 3 N–H and O–H groups in total. The van der Waals surface area contributed by atoms with Gasteiger partial charge in [-0.15, -0.1) is 0 Å². The summed E-state index contributed by atoms with van der Waals surface area (Å²) in [6.07, 6.45) is 0. The number of carbonyl (C=O) groups excluding carboxylic acids is 3. The quantitative estimate of drug-likeness (QED) is 0.348. The van der Waals surface area contributed by atoms with Crippen molar-refractivity contribution in [1.29, 1.82) is 0 Å². The fourth-order valence-corrected chi connectivity index (χ4v) is 2.68. The Bertz CT molecular complexity index is 967. The predicted molar refractivity (Wildman–Crippen MR) is 124 cm³/mol. The van der Waals surface area contributed by atoms with Gasteiger partial charge in [0.05, 0.1) is 12.2 Å². The van der Waals surface area contributed by atoms with Crippen molar-refractivity contribution >= 4 is 35.1 Å². The van der Waals surface area contributed by atoms with E-state index in [0.29, 0.717) is 16.9 Å². The molecule has 2 aromatic carbocycles. The maximum atomic E-state index is 12.3. The van der Waals surface area contributed by atoms with Crippen LogP contribution in [0.1, 0.15) is 54.0 Å². The van der Waals surface area contributed by atoms with Crippen LogP contribution in [0.5, 0.6) is 5.75 Å². The number of hydrogen-bond donors (Lipinski definition) is 3. The summed E-state index contributed by atoms with van der Waals surface area (Å²) in [6.45, 7) is 7.99. The van der Waals surface area contributed by atoms with Crippen molar-refractivity contribution < 1.29 is 23.9 Å². The number of thiocarbonyl (C=S) groups is 1. The van der Waals surface area contributed by atoms with E-state index in [9.17, 15) is 14.4 Å². The summed E-state index contributed by atoms with van der Waals surface area (Å²) in [4.78, 5) is 35.8. The largest absolute Gasteiger partial charge is 0.484 e. The zero-order valence-corrected chi connectivity index (χ0v) is 19.3. The Labute approximate surface area is 192 Å². The van der Waals surface area contributed by atoms with Crippen molar-refractivity contribution in [2.24, 2.45) is 0 Å². The van der Waals surface area contributed by atoms with Gasteiger partial charge >= 0.3 is 5.97 Å². The highest BCUT2D eigenvalue weighted by Gasteiger charge is 2.15. The van der Waals surface area contributed by atoms with Crippen LogP contribution < -0.4 is 20.9 Å². The Morgan fingerprint density at radius 1 is 0.906 bits per heavy atom. The number of hydrogen-bond acceptors (Lipinski definition) is 6. The number of ether oxygens (including phenoxy) is 2. The summed E-state index contributed by atoms with van der Waals surface area (Å²) >= 11 is 5.03. The van der Waals surface area contributed by atoms with Gasteiger partial charge in [-0.2, -0.15) is 0 Å². The Morgan fingerprint density at radius 2 is 1.50 bits per heavy atom. The second kappa shape index (κ2) is 11.2. The molecule has 0 aliphatic carbocycles. The normalized spacial score (nSPS) is 10.6. The number of benzene rings is 2. The zero-order chi connectivity index (χ0) is 23.7. The van der Waals surface area contributed by atoms with E-state index in [2.05, 4.69) is 36.9 Å². The van der Waals surface area contributed by atoms with E-state index in [-0.39, 0.29) is 23.7 Å². The van der Waals surface area contributed by atoms with Crippen molar-refractivity contribution in [2.45, 2.75) is 33.1 Å². The van der Waals surface area contributed by atoms with Gasteiger partial charge in [0, 0.05) is 5.56 Å². The lowest BCUT2D eigenvalue weighted by molar-refractivity contribution is -0.123. The molecule has 0 aromatic heterocycles. The summed E-state index contributed by atoms with van der Waals surface area (Å²) in [5, 5.41) is 2.44. The predicted octanol–water partition coefficient (Wildman–Crippen LogP) is 2.88. The molecule has 0 aliphatic rings. The van der Waals surface area contributed by atoms with Gasteiger partial charge in [-0.1, -0.05) is 32.9 Å². The molecule has 2 rings (SSSR count). The first-order valence-corrected chi connectivity index (χ1v) is 10.4. The summed E-state index contributed by atoms with van der Waals surface area (Å²) in [5.74, 6) is -0.926. The van der Waals surface area contributed by atoms with Gasteiger partial charge in [0.1, 0.15) is 5.75 Å². The second-order valence-electron chi connectivity index (χ2n) is 7.82. The van der Waals surface area contributed by atoms with E-state index in [1.807, 2.05) is 12.1 Å². The first-order valence-electron chi connectivity index (χ1n) is 10.0. The molecule has 0 saturated carbocycles. The van der Waals surface area contributed by atoms with Gasteiger partial charge < -0.3 is 9.47 Å². The molecule has 0 unspecified atom stereocenters. The molecular formula is C23H27N3O5S. The fourth-order valence-electron chi connectivity index (χ4n) is 2.54. The van der Waals surface area contributed by atoms with Crippen molar-refractivity contribution in [3.63, 3.8) is 0 Å². The molecule has 0 aliphatic heterocycles. The Morgan fingerprint density at radius 3 is 2.06 bits per heavy atom. The second-order valence-corrected chi connectivity index (χ2v) is 8.23. The molecular weight excluding hydrogens is 430 g/mol. The van der Waals surface area contributed by atoms with Gasteiger partial charge in [-0.3, -0.25) is 25.8 Å². The average molecular weight is 458 g/mol. The first kappa shape index (κ1) is 24.8. The number of hydrazine groups is 1. The van der Waals surface area contributed by atoms with Crippen LogP contribution in [0.3, 0.4) is 0 Å². The molecule has 9 heteroatoms. The molecule has 170 valence electrons. The van der Waals surface area contributed by atoms with Crippen molar-refractivity contribution in [3.05, 3.63) is 65.2 Å². The zero-order valence-electron chi connectivity index (χ0n) is 18.5. The molecule has 0 fully saturated rings. The van der Waals surface area contributed by atoms with Crippen LogP contribution in [-0.2, 0) is 14.9 Å². The van der Waals surface area contributed by atoms with Crippen molar-refractivity contribution in [3.8, 4) is 5.75 Å². The third-order valence-corrected chi connectivity index (χ3v) is 4.50. The summed E-state index contributed by atoms with van der Waals surface area (Å²) in [5.41, 5.74) is 6.72. The highest BCUT2D eigenvalue weighted by atomic mass is 32.1. The minimum absolute atomic E-state index is 0.0127. The minimum atomic E-state index is -0.509. The molecule has 2 amide bonds. The Balaban J connectivity index is 1.75. The smallest absolute Gasteiger partial charge is 0.338 e. The third kappa shape index (κ3) is 7.66. The van der Waals surface area contributed by atoms with E-state index >= 15 is 0 Å². The lowest BCUT2D eigenvalue weighted by atomic mass is 9.87. The Hall–Kier alpha value is -3.46. The van der Waals surface area contributed by atoms with Gasteiger partial charge in [-0.25, -0.2) is 4.79 Å². The number of esters is 1. The fraction of sp³-hybridized carbons (Fsp3) is 0.304. The molecule has 0 spiro atoms. The van der Waals surface area contributed by atoms with Gasteiger partial charge in [0.25, 0.3) is 11.8 Å². The van der Waals surface area contributed by atoms with E-state index < -0.39 is 17.8 Å². The van der Waals surface area contributed by atoms with E-state index in [1.165, 1.54) is 0 Å². The van der Waals surface area contributed by atoms with E-state index in [4.69, 9.17) is 21.7 Å². The SMILES string of the molecule is CCOC(=O)c1ccc(OCC(=O)NNC(=S)NC(=O)c2ccc(C(C)(C)C)cc2)cc1. The first-order chi connectivity index (χ1) is 15.1. The maximum absolute atomic E-state index is 12.3. The number of amides is 2. The standard InChI is InChI=1S/C23H27N3O5S/c1-5-30-21(29)16-8-12-18(13-9-16)31-14-19(27)25-26-22(32)24-20(28)15-6-10-17(11-7-15)23(2,3)4/h6-13H,5,14H2,1-4H3,(H,25,27)(H2,24,26,28,32). The number of nitrogens with one attached hydrogen (secondary N) is 3. The van der Waals surface area contributed by atoms with Crippen LogP contribution in [-0.4, -0.2) is 36.1 Å². The monoisotopic (exact) mass is 457 g/mol. The van der Waals surface area contributed by atoms with Gasteiger partial charge in [-0.05, 0) is 66.5 Å². The molecule has 0 bridgehead atoms. The van der Waals surface area contributed by atoms with Crippen molar-refractivity contribution in [1.82, 2.24) is 16.2 Å². The van der Waals surface area contributed by atoms with Crippen LogP contribution in [0, 0.1) is 0 Å². The molecule has 2 aromatic rings. The lowest BCUT2D eigenvalue weighted by Gasteiger charge is -2.19. The number of rotatable bonds is 6. The minimum Gasteiger partial charge on any atom is -0.484 e. The lowest BCUT2D eigenvalue weighted by Crippen LogP contribution is -2.49. The van der Waals surface area contributed by atoms with Crippen molar-refractivity contribution in [2.75, 3.05) is 13.2 Å². The maximum Gasteiger partial charge on any atom is 0.338 e. The van der Waals surface area contributed by atoms with Gasteiger partial charge in [0.15, 0.2) is 11.7 Å². The number of carbonyl (C=O) groups is 3. The van der Waals surface area contributed by atoms with E-state index in [0.717, 1.165) is 5.56 Å². The van der Waals surface area contributed by atoms with Crippen LogP contribution >= 0.6 is 12.2 Å². The van der Waals surface area contributed by atoms with E-state index in [1.54, 1.807) is 43.3 Å². The highest BCUT2D eigenvalue weighted by molar-refractivity contribution is 7.80. The summed E-state index contributed by atoms with van der Waals surface area (Å²) in [7, 11) is 0. The Kier molecular flexibility index (Phi) is 8.71. The van der Waals surface area contributed by atoms with Gasteiger partial charge in [0.2, 0.25) is 0 Å². The molecule has 8 nitrogen and oxygen atoms in total. The molecule has 0 saturated heterocycles. The summed E-state index contributed by atoms with van der Waals surface area (Å²) < 4.78 is 10.2.